The fraction of sp³-hybridized carbons (Fsp3) is 0.105. The number of benzene rings is 2. The highest BCUT2D eigenvalue weighted by molar-refractivity contribution is 8.18. The van der Waals surface area contributed by atoms with Crippen molar-refractivity contribution < 1.29 is 19.8 Å². The van der Waals surface area contributed by atoms with Gasteiger partial charge in [-0.2, -0.15) is 0 Å². The topological polar surface area (TPSA) is 99.0 Å². The minimum absolute atomic E-state index is 0.243. The molecule has 0 saturated carbocycles. The van der Waals surface area contributed by atoms with Gasteiger partial charge in [-0.05, 0) is 53.6 Å². The molecule has 0 radical (unpaired) electrons. The molecule has 0 atom stereocenters. The van der Waals surface area contributed by atoms with Gasteiger partial charge in [-0.3, -0.25) is 4.79 Å². The molecule has 0 bridgehead atoms. The first-order chi connectivity index (χ1) is 12.5. The Hall–Kier alpha value is -3.06. The van der Waals surface area contributed by atoms with Gasteiger partial charge in [-0.25, -0.2) is 9.79 Å². The molecular weight excluding hydrogens is 352 g/mol. The highest BCUT2D eigenvalue weighted by atomic mass is 32.2. The number of hydrogen-bond acceptors (Lipinski definition) is 5. The van der Waals surface area contributed by atoms with E-state index < -0.39 is 5.97 Å². The fourth-order valence-electron chi connectivity index (χ4n) is 2.36. The van der Waals surface area contributed by atoms with Crippen molar-refractivity contribution in [1.82, 2.24) is 5.32 Å². The fourth-order valence-corrected chi connectivity index (χ4v) is 3.21. The predicted octanol–water partition coefficient (Wildman–Crippen LogP) is 3.54. The summed E-state index contributed by atoms with van der Waals surface area (Å²) in [6, 6.07) is 11.9. The number of aromatic hydroxyl groups is 1. The molecule has 7 heteroatoms. The summed E-state index contributed by atoms with van der Waals surface area (Å²) in [7, 11) is 0. The van der Waals surface area contributed by atoms with Crippen LogP contribution < -0.4 is 5.32 Å². The number of nitrogens with one attached hydrogen (secondary N) is 1. The van der Waals surface area contributed by atoms with E-state index in [9.17, 15) is 14.7 Å². The molecule has 0 aliphatic carbocycles. The Balaban J connectivity index is 1.82. The van der Waals surface area contributed by atoms with Gasteiger partial charge in [0.15, 0.2) is 5.17 Å². The summed E-state index contributed by atoms with van der Waals surface area (Å²) >= 11 is 1.18. The van der Waals surface area contributed by atoms with Crippen molar-refractivity contribution in [1.29, 1.82) is 0 Å². The number of rotatable bonds is 4. The van der Waals surface area contributed by atoms with Gasteiger partial charge in [0.05, 0.1) is 10.6 Å². The van der Waals surface area contributed by atoms with Crippen LogP contribution in [0.15, 0.2) is 52.4 Å². The molecule has 1 heterocycles. The lowest BCUT2D eigenvalue weighted by Crippen LogP contribution is -2.19. The average Bonchev–Trinajstić information content (AvgIpc) is 2.96. The molecule has 2 aromatic carbocycles. The number of hydrogen-bond donors (Lipinski definition) is 3. The molecule has 3 N–H and O–H groups in total. The molecule has 0 spiro atoms. The number of amidine groups is 1. The normalized spacial score (nSPS) is 16.9. The summed E-state index contributed by atoms with van der Waals surface area (Å²) in [5.74, 6) is -1.84. The van der Waals surface area contributed by atoms with Crippen LogP contribution in [0.2, 0.25) is 0 Å². The number of amides is 1. The third-order valence-corrected chi connectivity index (χ3v) is 4.69. The number of carboxylic acids is 1. The summed E-state index contributed by atoms with van der Waals surface area (Å²) in [4.78, 5) is 27.9. The van der Waals surface area contributed by atoms with E-state index in [1.807, 2.05) is 24.3 Å². The van der Waals surface area contributed by atoms with Crippen LogP contribution in [0.1, 0.15) is 28.4 Å². The van der Waals surface area contributed by atoms with E-state index in [2.05, 4.69) is 17.2 Å². The molecule has 1 saturated heterocycles. The summed E-state index contributed by atoms with van der Waals surface area (Å²) in [5, 5.41) is 21.6. The molecule has 3 rings (SSSR count). The lowest BCUT2D eigenvalue weighted by Gasteiger charge is -2.01. The van der Waals surface area contributed by atoms with Crippen molar-refractivity contribution in [3.63, 3.8) is 0 Å². The first-order valence-corrected chi connectivity index (χ1v) is 8.72. The van der Waals surface area contributed by atoms with Crippen LogP contribution >= 0.6 is 11.8 Å². The Morgan fingerprint density at radius 3 is 2.62 bits per heavy atom. The Morgan fingerprint density at radius 2 is 1.96 bits per heavy atom. The molecule has 0 aromatic heterocycles. The number of aliphatic imine (C=N–C) groups is 1. The zero-order valence-corrected chi connectivity index (χ0v) is 14.7. The summed E-state index contributed by atoms with van der Waals surface area (Å²) in [6.07, 6.45) is 2.73. The molecule has 0 unspecified atom stereocenters. The minimum Gasteiger partial charge on any atom is -0.507 e. The first kappa shape index (κ1) is 17.8. The van der Waals surface area contributed by atoms with E-state index in [4.69, 9.17) is 5.11 Å². The molecule has 6 nitrogen and oxygen atoms in total. The third-order valence-electron chi connectivity index (χ3n) is 3.78. The maximum atomic E-state index is 12.1. The van der Waals surface area contributed by atoms with Crippen LogP contribution in [0.4, 0.5) is 5.69 Å². The summed E-state index contributed by atoms with van der Waals surface area (Å²) in [5.41, 5.74) is 2.22. The van der Waals surface area contributed by atoms with E-state index in [-0.39, 0.29) is 17.2 Å². The van der Waals surface area contributed by atoms with Crippen LogP contribution in [0.5, 0.6) is 5.75 Å². The molecule has 1 aliphatic heterocycles. The van der Waals surface area contributed by atoms with E-state index in [0.29, 0.717) is 15.8 Å². The summed E-state index contributed by atoms with van der Waals surface area (Å²) in [6.45, 7) is 2.08. The van der Waals surface area contributed by atoms with Gasteiger partial charge in [0.2, 0.25) is 0 Å². The number of aromatic carboxylic acids is 1. The van der Waals surface area contributed by atoms with Crippen molar-refractivity contribution in [2.75, 3.05) is 0 Å². The van der Waals surface area contributed by atoms with E-state index >= 15 is 0 Å². The maximum Gasteiger partial charge on any atom is 0.339 e. The lowest BCUT2D eigenvalue weighted by molar-refractivity contribution is -0.115. The van der Waals surface area contributed by atoms with Crippen LogP contribution in [0.3, 0.4) is 0 Å². The van der Waals surface area contributed by atoms with E-state index in [1.165, 1.54) is 35.5 Å². The molecular formula is C19H16N2O4S. The van der Waals surface area contributed by atoms with Crippen molar-refractivity contribution in [3.8, 4) is 5.75 Å². The first-order valence-electron chi connectivity index (χ1n) is 7.91. The van der Waals surface area contributed by atoms with Crippen molar-refractivity contribution in [2.45, 2.75) is 13.3 Å². The van der Waals surface area contributed by atoms with Gasteiger partial charge >= 0.3 is 5.97 Å². The third kappa shape index (κ3) is 3.94. The number of phenols is 1. The van der Waals surface area contributed by atoms with Crippen LogP contribution in [0.25, 0.3) is 6.08 Å². The molecule has 1 fully saturated rings. The van der Waals surface area contributed by atoms with Gasteiger partial charge in [-0.1, -0.05) is 31.2 Å². The number of carbonyl (C=O) groups is 2. The highest BCUT2D eigenvalue weighted by Gasteiger charge is 2.24. The van der Waals surface area contributed by atoms with E-state index in [0.717, 1.165) is 12.0 Å². The van der Waals surface area contributed by atoms with Crippen LogP contribution in [-0.4, -0.2) is 27.3 Å². The monoisotopic (exact) mass is 368 g/mol. The SMILES string of the molecule is CCc1ccc(/C=C2\SC(=Nc3ccc(O)c(C(=O)O)c3)NC2=O)cc1. The minimum atomic E-state index is -1.25. The van der Waals surface area contributed by atoms with Gasteiger partial charge in [0.1, 0.15) is 11.3 Å². The Bertz CT molecular complexity index is 933. The second-order valence-corrected chi connectivity index (χ2v) is 6.61. The quantitative estimate of drug-likeness (QED) is 0.717. The number of nitrogens with zero attached hydrogens (tertiary/aromatic N) is 1. The largest absolute Gasteiger partial charge is 0.507 e. The number of aryl methyl sites for hydroxylation is 1. The number of carbonyl (C=O) groups excluding carboxylic acids is 1. The Morgan fingerprint density at radius 1 is 1.23 bits per heavy atom. The van der Waals surface area contributed by atoms with Gasteiger partial charge in [0.25, 0.3) is 5.91 Å². The second kappa shape index (κ2) is 7.45. The second-order valence-electron chi connectivity index (χ2n) is 5.58. The molecule has 26 heavy (non-hydrogen) atoms. The number of carboxylic acid groups (broad SMARTS) is 1. The van der Waals surface area contributed by atoms with E-state index in [1.54, 1.807) is 6.08 Å². The zero-order chi connectivity index (χ0) is 18.7. The highest BCUT2D eigenvalue weighted by Crippen LogP contribution is 2.29. The average molecular weight is 368 g/mol. The maximum absolute atomic E-state index is 12.1. The van der Waals surface area contributed by atoms with Gasteiger partial charge in [-0.15, -0.1) is 0 Å². The van der Waals surface area contributed by atoms with Gasteiger partial charge in [0, 0.05) is 0 Å². The Kier molecular flexibility index (Phi) is 5.09. The molecule has 1 amide bonds. The number of thioether (sulfide) groups is 1. The standard InChI is InChI=1S/C19H16N2O4S/c1-2-11-3-5-12(6-4-11)9-16-17(23)21-19(26-16)20-13-7-8-15(22)14(10-13)18(24)25/h3-10,22H,2H2,1H3,(H,24,25)(H,20,21,23)/b16-9-. The smallest absolute Gasteiger partial charge is 0.339 e. The zero-order valence-electron chi connectivity index (χ0n) is 13.9. The van der Waals surface area contributed by atoms with Crippen molar-refractivity contribution in [2.24, 2.45) is 4.99 Å². The predicted molar refractivity (Wildman–Crippen MR) is 102 cm³/mol. The van der Waals surface area contributed by atoms with Gasteiger partial charge < -0.3 is 15.5 Å². The van der Waals surface area contributed by atoms with Crippen molar-refractivity contribution >= 4 is 40.6 Å². The Labute approximate surface area is 154 Å². The van der Waals surface area contributed by atoms with Crippen LogP contribution in [0, 0.1) is 0 Å². The molecule has 2 aromatic rings. The van der Waals surface area contributed by atoms with Crippen molar-refractivity contribution in [3.05, 3.63) is 64.1 Å². The lowest BCUT2D eigenvalue weighted by atomic mass is 10.1. The molecule has 1 aliphatic rings. The summed E-state index contributed by atoms with van der Waals surface area (Å²) < 4.78 is 0. The molecule has 132 valence electrons. The van der Waals surface area contributed by atoms with Crippen LogP contribution in [-0.2, 0) is 11.2 Å².